The molecule has 3 fully saturated rings. The highest BCUT2D eigenvalue weighted by Gasteiger charge is 2.72. The van der Waals surface area contributed by atoms with Gasteiger partial charge >= 0.3 is 0 Å². The Morgan fingerprint density at radius 1 is 0.778 bits per heavy atom. The molecule has 0 amide bonds. The molecule has 1 aromatic carbocycles. The Kier molecular flexibility index (Phi) is 1.66. The molecule has 94 valence electrons. The van der Waals surface area contributed by atoms with Gasteiger partial charge in [-0.1, -0.05) is 24.3 Å². The molecule has 4 bridgehead atoms. The highest BCUT2D eigenvalue weighted by Crippen LogP contribution is 2.63. The summed E-state index contributed by atoms with van der Waals surface area (Å²) >= 11 is 0. The van der Waals surface area contributed by atoms with Gasteiger partial charge in [-0.3, -0.25) is 0 Å². The van der Waals surface area contributed by atoms with E-state index in [1.807, 2.05) is 0 Å². The van der Waals surface area contributed by atoms with Crippen LogP contribution in [0.25, 0.3) is 0 Å². The van der Waals surface area contributed by atoms with Crippen molar-refractivity contribution < 1.29 is 9.47 Å². The van der Waals surface area contributed by atoms with Crippen LogP contribution in [0.2, 0.25) is 0 Å². The Balaban J connectivity index is 1.53. The van der Waals surface area contributed by atoms with E-state index in [0.29, 0.717) is 12.2 Å². The van der Waals surface area contributed by atoms with Gasteiger partial charge in [-0.25, -0.2) is 0 Å². The molecule has 2 heteroatoms. The normalized spacial score (nSPS) is 47.8. The molecule has 2 spiro atoms. The maximum atomic E-state index is 6.06. The predicted octanol–water partition coefficient (Wildman–Crippen LogP) is 2.63. The summed E-state index contributed by atoms with van der Waals surface area (Å²) in [4.78, 5) is 0. The van der Waals surface area contributed by atoms with Gasteiger partial charge in [0.25, 0.3) is 0 Å². The molecule has 1 saturated carbocycles. The molecule has 2 nitrogen and oxygen atoms in total. The van der Waals surface area contributed by atoms with Crippen molar-refractivity contribution in [2.24, 2.45) is 0 Å². The number of ether oxygens (including phenoxy) is 2. The summed E-state index contributed by atoms with van der Waals surface area (Å²) in [6.45, 7) is 0. The Morgan fingerprint density at radius 2 is 1.22 bits per heavy atom. The van der Waals surface area contributed by atoms with Crippen LogP contribution >= 0.6 is 0 Å². The summed E-state index contributed by atoms with van der Waals surface area (Å²) in [5.41, 5.74) is 3.28. The summed E-state index contributed by atoms with van der Waals surface area (Å²) in [6, 6.07) is 9.17. The Labute approximate surface area is 107 Å². The predicted molar refractivity (Wildman–Crippen MR) is 67.5 cm³/mol. The molecule has 8 rings (SSSR count). The van der Waals surface area contributed by atoms with E-state index in [0.717, 1.165) is 25.7 Å². The van der Waals surface area contributed by atoms with Crippen molar-refractivity contribution >= 4 is 0 Å². The van der Waals surface area contributed by atoms with E-state index in [-0.39, 0.29) is 11.2 Å². The van der Waals surface area contributed by atoms with Crippen molar-refractivity contribution in [2.75, 3.05) is 0 Å². The number of rotatable bonds is 0. The number of hydrogen-bond acceptors (Lipinski definition) is 2. The van der Waals surface area contributed by atoms with Crippen molar-refractivity contribution in [3.05, 3.63) is 35.4 Å². The second-order valence-corrected chi connectivity index (χ2v) is 6.57. The lowest BCUT2D eigenvalue weighted by molar-refractivity contribution is 0.215. The summed E-state index contributed by atoms with van der Waals surface area (Å²) in [5, 5.41) is 0. The van der Waals surface area contributed by atoms with Crippen molar-refractivity contribution in [1.82, 2.24) is 0 Å². The molecule has 2 heterocycles. The standard InChI is InChI=1S/C16H18O2/c1-2-12-4-3-11(1)5-7-15-9-14-16(18-14,8-6-12)10-13(15)17-15/h1-4,13-14H,5-10H2/t13-,14-,15-,16+/m0/s1. The zero-order valence-corrected chi connectivity index (χ0v) is 10.5. The minimum atomic E-state index is 0.183. The fourth-order valence-corrected chi connectivity index (χ4v) is 4.17. The Morgan fingerprint density at radius 3 is 1.67 bits per heavy atom. The third-order valence-corrected chi connectivity index (χ3v) is 5.57. The maximum absolute atomic E-state index is 6.06. The number of aryl methyl sites for hydroxylation is 2. The molecule has 2 aliphatic heterocycles. The highest BCUT2D eigenvalue weighted by atomic mass is 16.6. The van der Waals surface area contributed by atoms with E-state index in [9.17, 15) is 0 Å². The van der Waals surface area contributed by atoms with Crippen LogP contribution in [0, 0.1) is 0 Å². The molecule has 5 aliphatic carbocycles. The summed E-state index contributed by atoms with van der Waals surface area (Å²) in [7, 11) is 0. The molecule has 0 radical (unpaired) electrons. The molecule has 18 heavy (non-hydrogen) atoms. The van der Waals surface area contributed by atoms with Gasteiger partial charge in [-0.05, 0) is 36.8 Å². The van der Waals surface area contributed by atoms with E-state index in [1.54, 1.807) is 0 Å². The van der Waals surface area contributed by atoms with Crippen LogP contribution in [0.3, 0.4) is 0 Å². The molecular weight excluding hydrogens is 224 g/mol. The van der Waals surface area contributed by atoms with Crippen LogP contribution in [0.4, 0.5) is 0 Å². The lowest BCUT2D eigenvalue weighted by Crippen LogP contribution is -2.32. The molecule has 2 saturated heterocycles. The molecular formula is C16H18O2. The van der Waals surface area contributed by atoms with Crippen molar-refractivity contribution in [3.8, 4) is 0 Å². The second kappa shape index (κ2) is 3.00. The number of epoxide rings is 2. The van der Waals surface area contributed by atoms with Crippen LogP contribution < -0.4 is 0 Å². The van der Waals surface area contributed by atoms with Crippen molar-refractivity contribution in [3.63, 3.8) is 0 Å². The summed E-state index contributed by atoms with van der Waals surface area (Å²) in [6.07, 6.45) is 7.93. The first-order valence-corrected chi connectivity index (χ1v) is 7.22. The molecule has 4 atom stereocenters. The second-order valence-electron chi connectivity index (χ2n) is 6.57. The SMILES string of the molecule is c1cc2ccc1CC[C@@]13C[C@@H]4O[C@@]4(CC2)C[C@@H]1O3. The maximum Gasteiger partial charge on any atom is 0.0978 e. The van der Waals surface area contributed by atoms with Gasteiger partial charge in [-0.15, -0.1) is 0 Å². The third kappa shape index (κ3) is 1.25. The Bertz CT molecular complexity index is 461. The fourth-order valence-electron chi connectivity index (χ4n) is 4.17. The molecule has 0 unspecified atom stereocenters. The van der Waals surface area contributed by atoms with Crippen LogP contribution in [-0.2, 0) is 22.3 Å². The quantitative estimate of drug-likeness (QED) is 0.653. The van der Waals surface area contributed by atoms with Crippen LogP contribution in [0.5, 0.6) is 0 Å². The first-order valence-electron chi connectivity index (χ1n) is 7.22. The summed E-state index contributed by atoms with van der Waals surface area (Å²) in [5.74, 6) is 0. The topological polar surface area (TPSA) is 25.1 Å². The number of benzene rings is 1. The first kappa shape index (κ1) is 9.99. The third-order valence-electron chi connectivity index (χ3n) is 5.57. The van der Waals surface area contributed by atoms with E-state index in [1.165, 1.54) is 24.0 Å². The summed E-state index contributed by atoms with van der Waals surface area (Å²) < 4.78 is 12.1. The van der Waals surface area contributed by atoms with Gasteiger partial charge < -0.3 is 9.47 Å². The highest BCUT2D eigenvalue weighted by molar-refractivity contribution is 5.28. The molecule has 7 aliphatic rings. The fraction of sp³-hybridized carbons (Fsp3) is 0.625. The van der Waals surface area contributed by atoms with Gasteiger partial charge in [0.05, 0.1) is 23.4 Å². The zero-order valence-electron chi connectivity index (χ0n) is 10.5. The minimum absolute atomic E-state index is 0.183. The molecule has 0 aromatic heterocycles. The van der Waals surface area contributed by atoms with Crippen LogP contribution in [0.1, 0.15) is 36.8 Å². The monoisotopic (exact) mass is 242 g/mol. The Hall–Kier alpha value is -0.860. The molecule has 0 N–H and O–H groups in total. The lowest BCUT2D eigenvalue weighted by atomic mass is 9.77. The van der Waals surface area contributed by atoms with E-state index in [4.69, 9.17) is 9.47 Å². The van der Waals surface area contributed by atoms with E-state index in [2.05, 4.69) is 24.3 Å². The van der Waals surface area contributed by atoms with Gasteiger partial charge in [-0.2, -0.15) is 0 Å². The van der Waals surface area contributed by atoms with Gasteiger partial charge in [0.15, 0.2) is 0 Å². The average Bonchev–Trinajstić information content (AvgIpc) is 3.23. The largest absolute Gasteiger partial charge is 0.366 e. The van der Waals surface area contributed by atoms with Gasteiger partial charge in [0.2, 0.25) is 0 Å². The first-order chi connectivity index (χ1) is 8.78. The van der Waals surface area contributed by atoms with Crippen molar-refractivity contribution in [2.45, 2.75) is 61.9 Å². The van der Waals surface area contributed by atoms with Crippen molar-refractivity contribution in [1.29, 1.82) is 0 Å². The van der Waals surface area contributed by atoms with Crippen LogP contribution in [0.15, 0.2) is 24.3 Å². The smallest absolute Gasteiger partial charge is 0.0978 e. The van der Waals surface area contributed by atoms with E-state index < -0.39 is 0 Å². The minimum Gasteiger partial charge on any atom is -0.366 e. The lowest BCUT2D eigenvalue weighted by Gasteiger charge is -2.21. The zero-order chi connectivity index (χ0) is 11.8. The molecule has 1 aromatic rings. The van der Waals surface area contributed by atoms with Gasteiger partial charge in [0, 0.05) is 12.8 Å². The van der Waals surface area contributed by atoms with Gasteiger partial charge in [0.1, 0.15) is 0 Å². The van der Waals surface area contributed by atoms with E-state index >= 15 is 0 Å². The number of hydrogen-bond donors (Lipinski definition) is 0. The van der Waals surface area contributed by atoms with Crippen LogP contribution in [-0.4, -0.2) is 23.4 Å². The average molecular weight is 242 g/mol.